The molecular weight excluding hydrogens is 224 g/mol. The Bertz CT molecular complexity index is 293. The number of nitrogens with zero attached hydrogens (tertiary/aromatic N) is 1. The number of carboxylic acids is 1. The number of carboxylic acid groups (broad SMARTS) is 1. The van der Waals surface area contributed by atoms with Crippen LogP contribution in [-0.4, -0.2) is 52.3 Å². The van der Waals surface area contributed by atoms with Crippen molar-refractivity contribution in [2.24, 2.45) is 5.92 Å². The van der Waals surface area contributed by atoms with E-state index in [1.54, 1.807) is 0 Å². The summed E-state index contributed by atoms with van der Waals surface area (Å²) in [4.78, 5) is 24.0. The number of carbonyl (C=O) groups excluding carboxylic acids is 1. The fraction of sp³-hybridized carbons (Fsp3) is 0.818. The highest BCUT2D eigenvalue weighted by Crippen LogP contribution is 2.11. The number of aliphatic hydroxyl groups is 1. The van der Waals surface area contributed by atoms with Crippen LogP contribution in [-0.2, 0) is 4.79 Å². The van der Waals surface area contributed by atoms with E-state index in [9.17, 15) is 14.7 Å². The second kappa shape index (κ2) is 5.86. The zero-order chi connectivity index (χ0) is 13.0. The van der Waals surface area contributed by atoms with Crippen LogP contribution in [0, 0.1) is 5.92 Å². The van der Waals surface area contributed by atoms with Crippen LogP contribution in [0.25, 0.3) is 0 Å². The van der Waals surface area contributed by atoms with Gasteiger partial charge in [-0.3, -0.25) is 4.79 Å². The normalized spacial score (nSPS) is 21.6. The maximum absolute atomic E-state index is 11.8. The van der Waals surface area contributed by atoms with Gasteiger partial charge in [0.05, 0.1) is 12.5 Å². The first-order valence-electron chi connectivity index (χ1n) is 5.85. The van der Waals surface area contributed by atoms with Crippen LogP contribution in [0.1, 0.15) is 26.7 Å². The lowest BCUT2D eigenvalue weighted by molar-refractivity contribution is -0.137. The van der Waals surface area contributed by atoms with Crippen LogP contribution in [0.4, 0.5) is 4.79 Å². The molecule has 6 heteroatoms. The summed E-state index contributed by atoms with van der Waals surface area (Å²) >= 11 is 0. The Morgan fingerprint density at radius 2 is 2.12 bits per heavy atom. The standard InChI is InChI=1S/C11H20N2O4/c1-7(2)9(5-10(15)16)12-11(17)13-4-3-8(14)6-13/h7-9,14H,3-6H2,1-2H3,(H,12,17)(H,15,16). The van der Waals surface area contributed by atoms with Gasteiger partial charge in [-0.2, -0.15) is 0 Å². The van der Waals surface area contributed by atoms with E-state index in [1.807, 2.05) is 13.8 Å². The molecule has 2 amide bonds. The van der Waals surface area contributed by atoms with E-state index in [1.165, 1.54) is 4.90 Å². The highest BCUT2D eigenvalue weighted by atomic mass is 16.4. The molecule has 0 spiro atoms. The molecule has 0 aromatic rings. The van der Waals surface area contributed by atoms with Gasteiger partial charge in [0.1, 0.15) is 0 Å². The lowest BCUT2D eigenvalue weighted by atomic mass is 10.0. The summed E-state index contributed by atoms with van der Waals surface area (Å²) in [7, 11) is 0. The number of hydrogen-bond donors (Lipinski definition) is 3. The topological polar surface area (TPSA) is 89.9 Å². The van der Waals surface area contributed by atoms with Gasteiger partial charge >= 0.3 is 12.0 Å². The molecule has 3 N–H and O–H groups in total. The molecule has 1 aliphatic heterocycles. The number of aliphatic hydroxyl groups excluding tert-OH is 1. The van der Waals surface area contributed by atoms with Crippen molar-refractivity contribution in [3.8, 4) is 0 Å². The second-order valence-corrected chi connectivity index (χ2v) is 4.79. The van der Waals surface area contributed by atoms with Crippen molar-refractivity contribution in [2.75, 3.05) is 13.1 Å². The first-order chi connectivity index (χ1) is 7.90. The van der Waals surface area contributed by atoms with E-state index >= 15 is 0 Å². The Labute approximate surface area is 101 Å². The predicted octanol–water partition coefficient (Wildman–Crippen LogP) is 0.262. The minimum atomic E-state index is -0.926. The molecule has 1 saturated heterocycles. The fourth-order valence-electron chi connectivity index (χ4n) is 1.82. The zero-order valence-electron chi connectivity index (χ0n) is 10.2. The summed E-state index contributed by atoms with van der Waals surface area (Å²) in [5.74, 6) is -0.868. The number of β-amino-alcohol motifs (C(OH)–C–C–N with tert-alkyl or cyclic N) is 1. The van der Waals surface area contributed by atoms with Gasteiger partial charge in [0.2, 0.25) is 0 Å². The molecule has 1 fully saturated rings. The third kappa shape index (κ3) is 4.22. The number of amides is 2. The van der Waals surface area contributed by atoms with Crippen molar-refractivity contribution in [1.82, 2.24) is 10.2 Å². The van der Waals surface area contributed by atoms with E-state index in [0.717, 1.165) is 0 Å². The van der Waals surface area contributed by atoms with Crippen LogP contribution in [0.3, 0.4) is 0 Å². The molecule has 1 aliphatic rings. The van der Waals surface area contributed by atoms with Crippen molar-refractivity contribution in [2.45, 2.75) is 38.8 Å². The van der Waals surface area contributed by atoms with Crippen LogP contribution >= 0.6 is 0 Å². The smallest absolute Gasteiger partial charge is 0.317 e. The third-order valence-corrected chi connectivity index (χ3v) is 2.96. The number of aliphatic carboxylic acids is 1. The summed E-state index contributed by atoms with van der Waals surface area (Å²) in [5.41, 5.74) is 0. The average molecular weight is 244 g/mol. The fourth-order valence-corrected chi connectivity index (χ4v) is 1.82. The van der Waals surface area contributed by atoms with E-state index in [-0.39, 0.29) is 24.4 Å². The Hall–Kier alpha value is -1.30. The minimum Gasteiger partial charge on any atom is -0.481 e. The number of likely N-dealkylation sites (tertiary alicyclic amines) is 1. The number of hydrogen-bond acceptors (Lipinski definition) is 3. The Morgan fingerprint density at radius 1 is 1.47 bits per heavy atom. The quantitative estimate of drug-likeness (QED) is 0.661. The molecule has 0 aliphatic carbocycles. The number of rotatable bonds is 4. The number of carbonyl (C=O) groups is 2. The lowest BCUT2D eigenvalue weighted by Gasteiger charge is -2.24. The van der Waals surface area contributed by atoms with Gasteiger partial charge < -0.3 is 20.4 Å². The summed E-state index contributed by atoms with van der Waals surface area (Å²) in [6.45, 7) is 4.58. The Balaban J connectivity index is 2.49. The van der Waals surface area contributed by atoms with Gasteiger partial charge in [-0.05, 0) is 12.3 Å². The number of urea groups is 1. The van der Waals surface area contributed by atoms with E-state index in [2.05, 4.69) is 5.32 Å². The summed E-state index contributed by atoms with van der Waals surface area (Å²) in [5, 5.41) is 20.8. The molecule has 0 bridgehead atoms. The van der Waals surface area contributed by atoms with Crippen molar-refractivity contribution in [3.05, 3.63) is 0 Å². The third-order valence-electron chi connectivity index (χ3n) is 2.96. The van der Waals surface area contributed by atoms with Crippen molar-refractivity contribution in [3.63, 3.8) is 0 Å². The first kappa shape index (κ1) is 13.8. The van der Waals surface area contributed by atoms with Gasteiger partial charge in [-0.25, -0.2) is 4.79 Å². The molecular formula is C11H20N2O4. The maximum atomic E-state index is 11.8. The molecule has 17 heavy (non-hydrogen) atoms. The van der Waals surface area contributed by atoms with Crippen LogP contribution < -0.4 is 5.32 Å². The molecule has 0 radical (unpaired) electrons. The van der Waals surface area contributed by atoms with Gasteiger partial charge in [0.25, 0.3) is 0 Å². The molecule has 1 heterocycles. The monoisotopic (exact) mass is 244 g/mol. The van der Waals surface area contributed by atoms with E-state index < -0.39 is 12.1 Å². The average Bonchev–Trinajstić information content (AvgIpc) is 2.63. The second-order valence-electron chi connectivity index (χ2n) is 4.79. The molecule has 2 unspecified atom stereocenters. The van der Waals surface area contributed by atoms with Gasteiger partial charge in [-0.15, -0.1) is 0 Å². The molecule has 0 aromatic heterocycles. The van der Waals surface area contributed by atoms with Crippen molar-refractivity contribution < 1.29 is 19.8 Å². The van der Waals surface area contributed by atoms with Gasteiger partial charge in [0.15, 0.2) is 0 Å². The van der Waals surface area contributed by atoms with Gasteiger partial charge in [-0.1, -0.05) is 13.8 Å². The van der Waals surface area contributed by atoms with E-state index in [0.29, 0.717) is 19.5 Å². The predicted molar refractivity (Wildman–Crippen MR) is 61.6 cm³/mol. The van der Waals surface area contributed by atoms with Crippen molar-refractivity contribution in [1.29, 1.82) is 0 Å². The summed E-state index contributed by atoms with van der Waals surface area (Å²) in [6.07, 6.45) is 0.0381. The minimum absolute atomic E-state index is 0.0579. The van der Waals surface area contributed by atoms with Crippen molar-refractivity contribution >= 4 is 12.0 Å². The highest BCUT2D eigenvalue weighted by Gasteiger charge is 2.27. The maximum Gasteiger partial charge on any atom is 0.317 e. The van der Waals surface area contributed by atoms with E-state index in [4.69, 9.17) is 5.11 Å². The molecule has 1 rings (SSSR count). The molecule has 0 saturated carbocycles. The Morgan fingerprint density at radius 3 is 2.53 bits per heavy atom. The molecule has 2 atom stereocenters. The SMILES string of the molecule is CC(C)C(CC(=O)O)NC(=O)N1CCC(O)C1. The van der Waals surface area contributed by atoms with Gasteiger partial charge in [0, 0.05) is 19.1 Å². The Kier molecular flexibility index (Phi) is 4.74. The highest BCUT2D eigenvalue weighted by molar-refractivity contribution is 5.76. The van der Waals surface area contributed by atoms with Crippen LogP contribution in [0.5, 0.6) is 0 Å². The zero-order valence-corrected chi connectivity index (χ0v) is 10.2. The lowest BCUT2D eigenvalue weighted by Crippen LogP contribution is -2.47. The summed E-state index contributed by atoms with van der Waals surface area (Å²) < 4.78 is 0. The largest absolute Gasteiger partial charge is 0.481 e. The molecule has 0 aromatic carbocycles. The number of nitrogens with one attached hydrogen (secondary N) is 1. The summed E-state index contributed by atoms with van der Waals surface area (Å²) in [6, 6.07) is -0.667. The van der Waals surface area contributed by atoms with Crippen LogP contribution in [0.15, 0.2) is 0 Å². The first-order valence-corrected chi connectivity index (χ1v) is 5.85. The molecule has 98 valence electrons. The molecule has 6 nitrogen and oxygen atoms in total. The van der Waals surface area contributed by atoms with Crippen LogP contribution in [0.2, 0.25) is 0 Å².